The molecule has 0 saturated heterocycles. The van der Waals surface area contributed by atoms with Gasteiger partial charge in [-0.05, 0) is 42.7 Å². The summed E-state index contributed by atoms with van der Waals surface area (Å²) in [5.41, 5.74) is 3.09. The van der Waals surface area contributed by atoms with E-state index in [1.54, 1.807) is 12.1 Å². The highest BCUT2D eigenvalue weighted by atomic mass is 16.5. The second-order valence-corrected chi connectivity index (χ2v) is 7.07. The van der Waals surface area contributed by atoms with Crippen LogP contribution in [-0.2, 0) is 16.0 Å². The standard InChI is InChI=1S/C23H23NO6/c1-14-10-18(29-13-20(25)24-9-8-21(26)27)22-15(2)17(23(28)30-19(22)11-14)12-16-6-4-3-5-7-16/h3-7,10-11H,8-9,12-13H2,1-2H3,(H,24,25)(H,26,27). The Hall–Kier alpha value is -3.61. The normalized spacial score (nSPS) is 10.7. The molecule has 1 aromatic heterocycles. The molecule has 0 fully saturated rings. The fourth-order valence-electron chi connectivity index (χ4n) is 3.26. The SMILES string of the molecule is Cc1cc(OCC(=O)NCCC(=O)O)c2c(C)c(Cc3ccccc3)c(=O)oc2c1. The van der Waals surface area contributed by atoms with Crippen LogP contribution in [0.15, 0.2) is 51.7 Å². The van der Waals surface area contributed by atoms with E-state index in [0.29, 0.717) is 28.7 Å². The Morgan fingerprint density at radius 2 is 1.87 bits per heavy atom. The number of aliphatic carboxylic acids is 1. The summed E-state index contributed by atoms with van der Waals surface area (Å²) in [6, 6.07) is 13.2. The number of hydrogen-bond donors (Lipinski definition) is 2. The smallest absolute Gasteiger partial charge is 0.340 e. The minimum atomic E-state index is -0.988. The molecule has 0 aliphatic rings. The number of ether oxygens (including phenoxy) is 1. The highest BCUT2D eigenvalue weighted by Crippen LogP contribution is 2.31. The van der Waals surface area contributed by atoms with E-state index in [2.05, 4.69) is 5.32 Å². The van der Waals surface area contributed by atoms with Gasteiger partial charge in [-0.2, -0.15) is 0 Å². The molecule has 3 rings (SSSR count). The molecular weight excluding hydrogens is 386 g/mol. The third kappa shape index (κ3) is 5.05. The van der Waals surface area contributed by atoms with Crippen LogP contribution < -0.4 is 15.7 Å². The summed E-state index contributed by atoms with van der Waals surface area (Å²) >= 11 is 0. The molecule has 0 spiro atoms. The van der Waals surface area contributed by atoms with Crippen LogP contribution in [0.25, 0.3) is 11.0 Å². The number of rotatable bonds is 8. The first kappa shape index (κ1) is 21.1. The summed E-state index contributed by atoms with van der Waals surface area (Å²) in [7, 11) is 0. The van der Waals surface area contributed by atoms with Crippen LogP contribution in [0.4, 0.5) is 0 Å². The second kappa shape index (κ2) is 9.26. The molecule has 0 aliphatic carbocycles. The first-order valence-corrected chi connectivity index (χ1v) is 9.57. The summed E-state index contributed by atoms with van der Waals surface area (Å²) in [6.45, 7) is 3.44. The van der Waals surface area contributed by atoms with Gasteiger partial charge in [-0.25, -0.2) is 4.79 Å². The van der Waals surface area contributed by atoms with E-state index < -0.39 is 17.5 Å². The van der Waals surface area contributed by atoms with E-state index in [1.807, 2.05) is 44.2 Å². The van der Waals surface area contributed by atoms with Crippen LogP contribution in [0.3, 0.4) is 0 Å². The van der Waals surface area contributed by atoms with Gasteiger partial charge in [-0.3, -0.25) is 9.59 Å². The van der Waals surface area contributed by atoms with Crippen molar-refractivity contribution >= 4 is 22.8 Å². The number of carboxylic acids is 1. The van der Waals surface area contributed by atoms with Crippen molar-refractivity contribution in [3.63, 3.8) is 0 Å². The predicted molar refractivity (Wildman–Crippen MR) is 112 cm³/mol. The number of carbonyl (C=O) groups excluding carboxylic acids is 1. The first-order valence-electron chi connectivity index (χ1n) is 9.57. The number of carboxylic acid groups (broad SMARTS) is 1. The Bertz CT molecular complexity index is 1130. The first-order chi connectivity index (χ1) is 14.3. The monoisotopic (exact) mass is 409 g/mol. The highest BCUT2D eigenvalue weighted by Gasteiger charge is 2.17. The number of nitrogens with one attached hydrogen (secondary N) is 1. The maximum atomic E-state index is 12.6. The molecular formula is C23H23NO6. The molecule has 1 amide bonds. The maximum absolute atomic E-state index is 12.6. The summed E-state index contributed by atoms with van der Waals surface area (Å²) in [6.07, 6.45) is 0.264. The van der Waals surface area contributed by atoms with Crippen LogP contribution in [-0.4, -0.2) is 30.1 Å². The number of carbonyl (C=O) groups is 2. The van der Waals surface area contributed by atoms with Crippen LogP contribution >= 0.6 is 0 Å². The van der Waals surface area contributed by atoms with Gasteiger partial charge >= 0.3 is 11.6 Å². The van der Waals surface area contributed by atoms with Crippen molar-refractivity contribution in [1.29, 1.82) is 0 Å². The average Bonchev–Trinajstić information content (AvgIpc) is 2.69. The van der Waals surface area contributed by atoms with Crippen molar-refractivity contribution in [2.24, 2.45) is 0 Å². The lowest BCUT2D eigenvalue weighted by atomic mass is 9.98. The van der Waals surface area contributed by atoms with Gasteiger partial charge < -0.3 is 19.6 Å². The molecule has 2 aromatic carbocycles. The Kier molecular flexibility index (Phi) is 6.51. The fraction of sp³-hybridized carbons (Fsp3) is 0.261. The van der Waals surface area contributed by atoms with Crippen LogP contribution in [0, 0.1) is 13.8 Å². The summed E-state index contributed by atoms with van der Waals surface area (Å²) in [5, 5.41) is 11.8. The van der Waals surface area contributed by atoms with Gasteiger partial charge in [0.05, 0.1) is 11.8 Å². The van der Waals surface area contributed by atoms with E-state index in [9.17, 15) is 14.4 Å². The van der Waals surface area contributed by atoms with Crippen LogP contribution in [0.2, 0.25) is 0 Å². The van der Waals surface area contributed by atoms with Gasteiger partial charge in [0.25, 0.3) is 5.91 Å². The third-order valence-corrected chi connectivity index (χ3v) is 4.73. The van der Waals surface area contributed by atoms with E-state index in [0.717, 1.165) is 16.7 Å². The van der Waals surface area contributed by atoms with E-state index in [1.165, 1.54) is 0 Å². The molecule has 30 heavy (non-hydrogen) atoms. The van der Waals surface area contributed by atoms with Gasteiger partial charge in [0.1, 0.15) is 11.3 Å². The van der Waals surface area contributed by atoms with Crippen molar-refractivity contribution in [3.05, 3.63) is 75.1 Å². The zero-order valence-corrected chi connectivity index (χ0v) is 16.9. The number of aryl methyl sites for hydroxylation is 2. The van der Waals surface area contributed by atoms with E-state index in [4.69, 9.17) is 14.3 Å². The molecule has 1 heterocycles. The van der Waals surface area contributed by atoms with E-state index in [-0.39, 0.29) is 19.6 Å². The topological polar surface area (TPSA) is 106 Å². The van der Waals surface area contributed by atoms with Crippen molar-refractivity contribution in [2.45, 2.75) is 26.7 Å². The molecule has 0 aliphatic heterocycles. The van der Waals surface area contributed by atoms with Crippen molar-refractivity contribution in [1.82, 2.24) is 5.32 Å². The van der Waals surface area contributed by atoms with Crippen LogP contribution in [0.1, 0.15) is 28.7 Å². The van der Waals surface area contributed by atoms with Gasteiger partial charge in [0, 0.05) is 18.5 Å². The number of hydrogen-bond acceptors (Lipinski definition) is 5. The summed E-state index contributed by atoms with van der Waals surface area (Å²) in [4.78, 5) is 35.1. The molecule has 0 atom stereocenters. The maximum Gasteiger partial charge on any atom is 0.340 e. The number of benzene rings is 2. The van der Waals surface area contributed by atoms with Gasteiger partial charge in [-0.1, -0.05) is 30.3 Å². The van der Waals surface area contributed by atoms with Gasteiger partial charge in [0.15, 0.2) is 6.61 Å². The molecule has 156 valence electrons. The third-order valence-electron chi connectivity index (χ3n) is 4.73. The molecule has 0 bridgehead atoms. The predicted octanol–water partition coefficient (Wildman–Crippen LogP) is 2.97. The lowest BCUT2D eigenvalue weighted by Gasteiger charge is -2.14. The minimum Gasteiger partial charge on any atom is -0.483 e. The molecule has 0 radical (unpaired) electrons. The number of amides is 1. The summed E-state index contributed by atoms with van der Waals surface area (Å²) < 4.78 is 11.3. The second-order valence-electron chi connectivity index (χ2n) is 7.07. The minimum absolute atomic E-state index is 0.0290. The lowest BCUT2D eigenvalue weighted by molar-refractivity contribution is -0.137. The molecule has 2 N–H and O–H groups in total. The van der Waals surface area contributed by atoms with Gasteiger partial charge in [-0.15, -0.1) is 0 Å². The molecule has 3 aromatic rings. The molecule has 7 heteroatoms. The van der Waals surface area contributed by atoms with Crippen LogP contribution in [0.5, 0.6) is 5.75 Å². The zero-order valence-electron chi connectivity index (χ0n) is 16.9. The Morgan fingerprint density at radius 1 is 1.13 bits per heavy atom. The lowest BCUT2D eigenvalue weighted by Crippen LogP contribution is -2.30. The fourth-order valence-corrected chi connectivity index (χ4v) is 3.26. The Morgan fingerprint density at radius 3 is 2.57 bits per heavy atom. The Labute approximate surface area is 173 Å². The molecule has 0 unspecified atom stereocenters. The quantitative estimate of drug-likeness (QED) is 0.554. The highest BCUT2D eigenvalue weighted by molar-refractivity contribution is 5.89. The van der Waals surface area contributed by atoms with Crippen molar-refractivity contribution < 1.29 is 23.8 Å². The van der Waals surface area contributed by atoms with Crippen molar-refractivity contribution in [2.75, 3.05) is 13.2 Å². The average molecular weight is 409 g/mol. The van der Waals surface area contributed by atoms with Gasteiger partial charge in [0.2, 0.25) is 0 Å². The van der Waals surface area contributed by atoms with Crippen molar-refractivity contribution in [3.8, 4) is 5.75 Å². The van der Waals surface area contributed by atoms with E-state index >= 15 is 0 Å². The largest absolute Gasteiger partial charge is 0.483 e. The number of fused-ring (bicyclic) bond motifs is 1. The summed E-state index contributed by atoms with van der Waals surface area (Å²) in [5.74, 6) is -0.975. The zero-order chi connectivity index (χ0) is 21.7. The molecule has 0 saturated carbocycles. The molecule has 7 nitrogen and oxygen atoms in total. The Balaban J connectivity index is 1.90.